The lowest BCUT2D eigenvalue weighted by Crippen LogP contribution is -2.30. The van der Waals surface area contributed by atoms with Gasteiger partial charge in [0.05, 0.1) is 39.7 Å². The second-order valence-corrected chi connectivity index (χ2v) is 41.6. The predicted octanol–water partition coefficient (Wildman–Crippen LogP) is 35.7. The molecule has 0 N–H and O–H groups in total. The van der Waals surface area contributed by atoms with Gasteiger partial charge in [-0.3, -0.25) is 0 Å². The van der Waals surface area contributed by atoms with Crippen LogP contribution in [0.15, 0.2) is 144 Å². The van der Waals surface area contributed by atoms with E-state index in [1.165, 1.54) is 297 Å². The van der Waals surface area contributed by atoms with E-state index in [0.717, 1.165) is 51.4 Å². The zero-order valence-electron chi connectivity index (χ0n) is 69.4. The summed E-state index contributed by atoms with van der Waals surface area (Å²) in [7, 11) is 0. The van der Waals surface area contributed by atoms with Gasteiger partial charge in [-0.05, 0) is 240 Å². The van der Waals surface area contributed by atoms with E-state index in [-0.39, 0.29) is 0 Å². The fourth-order valence-electron chi connectivity index (χ4n) is 18.8. The Balaban J connectivity index is 1.13. The number of aryl methyl sites for hydroxylation is 8. The fraction of sp³-hybridized carbons (Fsp3) is 0.481. The Labute approximate surface area is 708 Å². The molecule has 12 aromatic rings. The summed E-state index contributed by atoms with van der Waals surface area (Å²) in [5.74, 6) is 0. The minimum atomic E-state index is -0.589. The Morgan fingerprint density at radius 3 is 0.679 bits per heavy atom. The molecular weight excluding hydrogens is 1510 g/mol. The molecule has 2 aliphatic rings. The molecule has 8 heterocycles. The van der Waals surface area contributed by atoms with Crippen molar-refractivity contribution in [2.24, 2.45) is 0 Å². The summed E-state index contributed by atoms with van der Waals surface area (Å²) in [5.41, 5.74) is 23.5. The maximum atomic E-state index is 2.82. The molecule has 0 radical (unpaired) electrons. The molecule has 0 aliphatic heterocycles. The van der Waals surface area contributed by atoms with Crippen LogP contribution in [0.5, 0.6) is 0 Å². The van der Waals surface area contributed by atoms with Crippen molar-refractivity contribution < 1.29 is 0 Å². The average Bonchev–Trinajstić information content (AvgIpc) is 1.48. The average molecular weight is 1630 g/mol. The van der Waals surface area contributed by atoms with Crippen molar-refractivity contribution >= 4 is 100 Å². The van der Waals surface area contributed by atoms with Gasteiger partial charge in [0.2, 0.25) is 0 Å². The third-order valence-corrected chi connectivity index (χ3v) is 34.5. The van der Waals surface area contributed by atoms with E-state index in [0.29, 0.717) is 0 Å². The highest BCUT2D eigenvalue weighted by Crippen LogP contribution is 2.71. The van der Waals surface area contributed by atoms with Crippen molar-refractivity contribution in [3.63, 3.8) is 0 Å². The lowest BCUT2D eigenvalue weighted by molar-refractivity contribution is 0.656. The van der Waals surface area contributed by atoms with Crippen LogP contribution >= 0.6 is 90.7 Å². The Morgan fingerprint density at radius 1 is 0.214 bits per heavy atom. The Kier molecular flexibility index (Phi) is 30.3. The van der Waals surface area contributed by atoms with Gasteiger partial charge in [-0.1, -0.05) is 294 Å². The molecule has 0 bridgehead atoms. The smallest absolute Gasteiger partial charge is 0.0745 e. The van der Waals surface area contributed by atoms with Gasteiger partial charge in [0.15, 0.2) is 0 Å². The molecule has 4 aromatic carbocycles. The summed E-state index contributed by atoms with van der Waals surface area (Å²) in [6, 6.07) is 57.8. The van der Waals surface area contributed by atoms with E-state index in [1.54, 1.807) is 65.0 Å². The molecule has 8 aromatic heterocycles. The van der Waals surface area contributed by atoms with Crippen molar-refractivity contribution in [3.05, 3.63) is 233 Å². The highest BCUT2D eigenvalue weighted by molar-refractivity contribution is 7.36. The van der Waals surface area contributed by atoms with Crippen molar-refractivity contribution in [1.82, 2.24) is 0 Å². The van der Waals surface area contributed by atoms with E-state index in [1.807, 2.05) is 45.3 Å². The van der Waals surface area contributed by atoms with Crippen LogP contribution in [0.3, 0.4) is 0 Å². The number of rotatable bonds is 48. The summed E-state index contributed by atoms with van der Waals surface area (Å²) in [6.45, 7) is 19.1. The summed E-state index contributed by atoms with van der Waals surface area (Å²) in [5, 5.41) is 4.51. The normalized spacial score (nSPS) is 13.3. The third-order valence-electron chi connectivity index (χ3n) is 24.7. The van der Waals surface area contributed by atoms with Gasteiger partial charge in [-0.15, -0.1) is 90.7 Å². The molecule has 0 spiro atoms. The number of benzene rings is 4. The summed E-state index contributed by atoms with van der Waals surface area (Å²) in [4.78, 5) is 17.2. The second kappa shape index (κ2) is 40.7. The minimum absolute atomic E-state index is 0.589. The Bertz CT molecular complexity index is 4340. The van der Waals surface area contributed by atoms with Gasteiger partial charge < -0.3 is 0 Å². The number of unbranched alkanes of at least 4 members (excludes halogenated alkanes) is 24. The van der Waals surface area contributed by atoms with Gasteiger partial charge in [0.1, 0.15) is 0 Å². The first-order chi connectivity index (χ1) is 55.2. The largest absolute Gasteiger partial charge is 0.143 e. The van der Waals surface area contributed by atoms with Crippen LogP contribution in [-0.4, -0.2) is 0 Å². The molecule has 0 fully saturated rings. The zero-order valence-corrected chi connectivity index (χ0v) is 75.9. The molecule has 0 amide bonds. The SMILES string of the molecule is CCCCCCc1cc(CCCCCC)cc(C2(c3cc(CCCCCC)cc(CCCCCC)c3)c3cc(-c4ccc(-c5cccs5)s4)sc3-c3sc4c5c(sc4c32)-c2sc(-c3ccc(-c4cccs4)s3)cc2C5(c2cc(CCCCCC)cc(CCCCCC)c2)c2cc(CCCCCC)cc(CCCCCC)c2)c1. The molecule has 0 saturated carbocycles. The lowest BCUT2D eigenvalue weighted by atomic mass is 9.65. The van der Waals surface area contributed by atoms with Crippen LogP contribution in [0, 0.1) is 0 Å². The van der Waals surface area contributed by atoms with Crippen molar-refractivity contribution in [3.8, 4) is 58.5 Å². The highest BCUT2D eigenvalue weighted by atomic mass is 32.1. The monoisotopic (exact) mass is 1630 g/mol. The molecule has 14 rings (SSSR count). The molecule has 592 valence electrons. The molecule has 0 atom stereocenters. The number of thiophene rings is 8. The highest BCUT2D eigenvalue weighted by Gasteiger charge is 2.56. The Morgan fingerprint density at radius 2 is 0.455 bits per heavy atom. The predicted molar refractivity (Wildman–Crippen MR) is 506 cm³/mol. The lowest BCUT2D eigenvalue weighted by Gasteiger charge is -2.35. The molecule has 8 heteroatoms. The van der Waals surface area contributed by atoms with Gasteiger partial charge in [-0.2, -0.15) is 0 Å². The summed E-state index contributed by atoms with van der Waals surface area (Å²) >= 11 is 16.5. The topological polar surface area (TPSA) is 0 Å². The maximum absolute atomic E-state index is 2.82. The van der Waals surface area contributed by atoms with E-state index in [2.05, 4.69) is 245 Å². The maximum Gasteiger partial charge on any atom is 0.0745 e. The molecule has 0 saturated heterocycles. The fourth-order valence-corrected chi connectivity index (χ4v) is 28.5. The van der Waals surface area contributed by atoms with Crippen LogP contribution in [0.1, 0.15) is 350 Å². The van der Waals surface area contributed by atoms with Crippen LogP contribution < -0.4 is 0 Å². The zero-order chi connectivity index (χ0) is 77.2. The third kappa shape index (κ3) is 18.5. The quantitative estimate of drug-likeness (QED) is 0.0334. The van der Waals surface area contributed by atoms with E-state index >= 15 is 0 Å². The standard InChI is InChI=1S/C104H128S8/c1-9-17-25-33-43-73-59-74(44-34-26-18-10-2)64-81(63-73)103(82-65-75(45-35-27-19-11-3)60-76(66-82)46-36-28-20-12-4)85-71-93(91-55-53-89(107-91)87-51-41-57-105-87)109-97(85)99-95(103)101-102(111-99)96-100(112-101)98-86(72-94(110-98)92-56-54-90(108-92)88-52-42-58-106-88)104(96,83-67-77(47-37-29-21-13-5)61-78(68-83)48-38-30-22-14-6)84-69-79(49-39-31-23-15-7)62-80(70-84)50-40-32-24-16-8/h41-42,51-72H,9-40,43-50H2,1-8H3. The van der Waals surface area contributed by atoms with Crippen molar-refractivity contribution in [2.75, 3.05) is 0 Å². The molecule has 2 aliphatic carbocycles. The van der Waals surface area contributed by atoms with Gasteiger partial charge in [0.25, 0.3) is 0 Å². The Hall–Kier alpha value is -5.26. The molecule has 0 unspecified atom stereocenters. The summed E-state index contributed by atoms with van der Waals surface area (Å²) < 4.78 is 3.10. The number of fused-ring (bicyclic) bond motifs is 9. The van der Waals surface area contributed by atoms with Crippen LogP contribution in [0.2, 0.25) is 0 Å². The summed E-state index contributed by atoms with van der Waals surface area (Å²) in [6.07, 6.45) is 49.4. The van der Waals surface area contributed by atoms with Crippen molar-refractivity contribution in [1.29, 1.82) is 0 Å². The van der Waals surface area contributed by atoms with Gasteiger partial charge in [-0.25, -0.2) is 0 Å². The van der Waals surface area contributed by atoms with Crippen molar-refractivity contribution in [2.45, 2.75) is 323 Å². The number of hydrogen-bond acceptors (Lipinski definition) is 8. The minimum Gasteiger partial charge on any atom is -0.143 e. The molecule has 112 heavy (non-hydrogen) atoms. The molecule has 0 nitrogen and oxygen atoms in total. The second-order valence-electron chi connectivity index (χ2n) is 33.4. The first-order valence-electron chi connectivity index (χ1n) is 44.9. The van der Waals surface area contributed by atoms with E-state index < -0.39 is 10.8 Å². The van der Waals surface area contributed by atoms with E-state index in [9.17, 15) is 0 Å². The van der Waals surface area contributed by atoms with Crippen LogP contribution in [0.25, 0.3) is 67.9 Å². The van der Waals surface area contributed by atoms with Crippen LogP contribution in [-0.2, 0) is 62.2 Å². The number of hydrogen-bond donors (Lipinski definition) is 0. The van der Waals surface area contributed by atoms with Gasteiger partial charge in [0, 0.05) is 50.1 Å². The first-order valence-corrected chi connectivity index (χ1v) is 51.5. The van der Waals surface area contributed by atoms with Crippen LogP contribution in [0.4, 0.5) is 0 Å². The van der Waals surface area contributed by atoms with E-state index in [4.69, 9.17) is 0 Å². The molecular formula is C104H128S8. The van der Waals surface area contributed by atoms with Gasteiger partial charge >= 0.3 is 0 Å². The first kappa shape index (κ1) is 83.2.